The van der Waals surface area contributed by atoms with Gasteiger partial charge < -0.3 is 14.5 Å². The molecule has 0 saturated heterocycles. The molecule has 0 bridgehead atoms. The number of hydrogen-bond acceptors (Lipinski definition) is 7. The fourth-order valence-corrected chi connectivity index (χ4v) is 4.39. The molecule has 0 saturated carbocycles. The number of halogens is 2. The fourth-order valence-electron chi connectivity index (χ4n) is 3.94. The van der Waals surface area contributed by atoms with Gasteiger partial charge in [-0.05, 0) is 49.7 Å². The molecule has 0 spiro atoms. The van der Waals surface area contributed by atoms with Crippen LogP contribution < -0.4 is 15.5 Å². The van der Waals surface area contributed by atoms with Crippen LogP contribution in [0.1, 0.15) is 23.8 Å². The van der Waals surface area contributed by atoms with E-state index in [9.17, 15) is 19.7 Å². The van der Waals surface area contributed by atoms with Crippen molar-refractivity contribution in [1.82, 2.24) is 10.7 Å². The number of rotatable bonds is 11. The second kappa shape index (κ2) is 13.8. The van der Waals surface area contributed by atoms with Crippen molar-refractivity contribution in [1.29, 1.82) is 0 Å². The van der Waals surface area contributed by atoms with Crippen LogP contribution in [0.25, 0.3) is 11.3 Å². The van der Waals surface area contributed by atoms with Crippen molar-refractivity contribution in [3.05, 3.63) is 116 Å². The average Bonchev–Trinajstić information content (AvgIpc) is 3.43. The minimum atomic E-state index is -0.982. The Labute approximate surface area is 251 Å². The molecule has 216 valence electrons. The maximum atomic E-state index is 13.1. The molecule has 42 heavy (non-hydrogen) atoms. The predicted octanol–water partition coefficient (Wildman–Crippen LogP) is 6.12. The summed E-state index contributed by atoms with van der Waals surface area (Å²) in [4.78, 5) is 36.9. The number of nitro benzene ring substituents is 1. The number of amides is 2. The average molecular weight is 609 g/mol. The first kappa shape index (κ1) is 30.3. The molecule has 3 aromatic carbocycles. The van der Waals surface area contributed by atoms with E-state index in [1.165, 1.54) is 25.3 Å². The lowest BCUT2D eigenvalue weighted by molar-refractivity contribution is -0.385. The van der Waals surface area contributed by atoms with Crippen LogP contribution in [0.4, 0.5) is 5.69 Å². The summed E-state index contributed by atoms with van der Waals surface area (Å²) < 4.78 is 11.4. The Morgan fingerprint density at radius 1 is 1.05 bits per heavy atom. The summed E-state index contributed by atoms with van der Waals surface area (Å²) in [5, 5.41) is 18.6. The van der Waals surface area contributed by atoms with Crippen LogP contribution >= 0.6 is 23.2 Å². The monoisotopic (exact) mass is 608 g/mol. The van der Waals surface area contributed by atoms with Crippen molar-refractivity contribution in [2.24, 2.45) is 5.10 Å². The highest BCUT2D eigenvalue weighted by Crippen LogP contribution is 2.29. The summed E-state index contributed by atoms with van der Waals surface area (Å²) in [6, 6.07) is 20.9. The third-order valence-electron chi connectivity index (χ3n) is 6.17. The summed E-state index contributed by atoms with van der Waals surface area (Å²) in [6.07, 6.45) is 0.511. The number of nitro groups is 1. The number of carbonyl (C=O) groups is 2. The highest BCUT2D eigenvalue weighted by molar-refractivity contribution is 6.35. The van der Waals surface area contributed by atoms with Crippen LogP contribution in [0, 0.1) is 17.0 Å². The first-order valence-electron chi connectivity index (χ1n) is 12.7. The molecule has 1 heterocycles. The molecule has 10 nitrogen and oxygen atoms in total. The van der Waals surface area contributed by atoms with Gasteiger partial charge >= 0.3 is 0 Å². The lowest BCUT2D eigenvalue weighted by Crippen LogP contribution is -2.50. The van der Waals surface area contributed by atoms with E-state index in [1.807, 2.05) is 30.3 Å². The van der Waals surface area contributed by atoms with Gasteiger partial charge in [-0.15, -0.1) is 0 Å². The van der Waals surface area contributed by atoms with Crippen molar-refractivity contribution in [3.63, 3.8) is 0 Å². The zero-order valence-corrected chi connectivity index (χ0v) is 24.1. The minimum absolute atomic E-state index is 0.0196. The van der Waals surface area contributed by atoms with Gasteiger partial charge in [0, 0.05) is 28.6 Å². The lowest BCUT2D eigenvalue weighted by Gasteiger charge is -2.21. The Bertz CT molecular complexity index is 1620. The van der Waals surface area contributed by atoms with Crippen LogP contribution in [0.15, 0.2) is 88.4 Å². The predicted molar refractivity (Wildman–Crippen MR) is 160 cm³/mol. The number of hydrazone groups is 1. The molecule has 2 atom stereocenters. The van der Waals surface area contributed by atoms with Crippen LogP contribution in [0.5, 0.6) is 5.75 Å². The summed E-state index contributed by atoms with van der Waals surface area (Å²) in [6.45, 7) is 3.19. The standard InChI is InChI=1S/C30H26Cl2N4O6/c1-18-8-9-21(15-26(18)36(39)40)27-13-11-23(42-27)17-33-35-30(38)25(14-20-6-4-3-5-7-20)34-29(37)19(2)41-28-12-10-22(31)16-24(28)32/h3-13,15-17,19,25H,14H2,1-2H3,(H,34,37)(H,35,38)/b33-17-/t19-,25-/m0/s1. The van der Waals surface area contributed by atoms with E-state index in [4.69, 9.17) is 32.4 Å². The van der Waals surface area contributed by atoms with E-state index >= 15 is 0 Å². The van der Waals surface area contributed by atoms with Gasteiger partial charge in [-0.1, -0.05) is 65.7 Å². The number of ether oxygens (including phenoxy) is 1. The molecule has 12 heteroatoms. The number of aryl methyl sites for hydroxylation is 1. The van der Waals surface area contributed by atoms with E-state index in [-0.39, 0.29) is 22.9 Å². The molecule has 0 radical (unpaired) electrons. The largest absolute Gasteiger partial charge is 0.479 e. The van der Waals surface area contributed by atoms with Crippen molar-refractivity contribution in [2.45, 2.75) is 32.4 Å². The summed E-state index contributed by atoms with van der Waals surface area (Å²) in [5.41, 5.74) is 4.29. The topological polar surface area (TPSA) is 136 Å². The number of carbonyl (C=O) groups excluding carboxylic acids is 2. The third-order valence-corrected chi connectivity index (χ3v) is 6.70. The highest BCUT2D eigenvalue weighted by Gasteiger charge is 2.25. The van der Waals surface area contributed by atoms with Crippen LogP contribution in [0.2, 0.25) is 10.0 Å². The third kappa shape index (κ3) is 7.96. The molecular weight excluding hydrogens is 583 g/mol. The van der Waals surface area contributed by atoms with Crippen LogP contribution in [-0.2, 0) is 16.0 Å². The zero-order chi connectivity index (χ0) is 30.2. The molecule has 4 aromatic rings. The van der Waals surface area contributed by atoms with Crippen LogP contribution in [0.3, 0.4) is 0 Å². The smallest absolute Gasteiger partial charge is 0.273 e. The molecule has 0 fully saturated rings. The Balaban J connectivity index is 1.43. The molecule has 2 amide bonds. The molecule has 0 unspecified atom stereocenters. The maximum absolute atomic E-state index is 13.1. The number of nitrogens with one attached hydrogen (secondary N) is 2. The number of nitrogens with zero attached hydrogens (tertiary/aromatic N) is 2. The number of benzene rings is 3. The van der Waals surface area contributed by atoms with Crippen molar-refractivity contribution < 1.29 is 23.7 Å². The lowest BCUT2D eigenvalue weighted by atomic mass is 10.1. The van der Waals surface area contributed by atoms with Gasteiger partial charge in [0.15, 0.2) is 6.10 Å². The van der Waals surface area contributed by atoms with Gasteiger partial charge in [0.25, 0.3) is 17.5 Å². The van der Waals surface area contributed by atoms with Crippen molar-refractivity contribution in [2.75, 3.05) is 0 Å². The molecule has 0 aliphatic rings. The van der Waals surface area contributed by atoms with Gasteiger partial charge in [-0.3, -0.25) is 19.7 Å². The Kier molecular flexibility index (Phi) is 9.95. The first-order valence-corrected chi connectivity index (χ1v) is 13.5. The van der Waals surface area contributed by atoms with Crippen LogP contribution in [-0.4, -0.2) is 35.1 Å². The maximum Gasteiger partial charge on any atom is 0.273 e. The van der Waals surface area contributed by atoms with E-state index in [0.29, 0.717) is 27.7 Å². The Hall–Kier alpha value is -4.67. The van der Waals surface area contributed by atoms with E-state index in [2.05, 4.69) is 15.8 Å². The van der Waals surface area contributed by atoms with E-state index < -0.39 is 28.9 Å². The van der Waals surface area contributed by atoms with Gasteiger partial charge in [0.2, 0.25) is 0 Å². The minimum Gasteiger partial charge on any atom is -0.479 e. The summed E-state index contributed by atoms with van der Waals surface area (Å²) >= 11 is 12.1. The second-order valence-corrected chi connectivity index (χ2v) is 10.1. The molecule has 0 aliphatic heterocycles. The Morgan fingerprint density at radius 3 is 2.52 bits per heavy atom. The zero-order valence-electron chi connectivity index (χ0n) is 22.5. The van der Waals surface area contributed by atoms with Gasteiger partial charge in [0.05, 0.1) is 16.2 Å². The molecule has 2 N–H and O–H groups in total. The SMILES string of the molecule is Cc1ccc(-c2ccc(/C=N\NC(=O)[C@H](Cc3ccccc3)NC(=O)[C@H](C)Oc3ccc(Cl)cc3Cl)o2)cc1[N+](=O)[O-]. The van der Waals surface area contributed by atoms with Gasteiger partial charge in [-0.25, -0.2) is 5.43 Å². The van der Waals surface area contributed by atoms with Gasteiger partial charge in [-0.2, -0.15) is 5.10 Å². The molecule has 4 rings (SSSR count). The number of furan rings is 1. The Morgan fingerprint density at radius 2 is 1.81 bits per heavy atom. The van der Waals surface area contributed by atoms with Crippen molar-refractivity contribution in [3.8, 4) is 17.1 Å². The molecule has 1 aromatic heterocycles. The number of hydrogen-bond donors (Lipinski definition) is 2. The second-order valence-electron chi connectivity index (χ2n) is 9.28. The summed E-state index contributed by atoms with van der Waals surface area (Å²) in [7, 11) is 0. The highest BCUT2D eigenvalue weighted by atomic mass is 35.5. The van der Waals surface area contributed by atoms with E-state index in [1.54, 1.807) is 43.3 Å². The molecule has 0 aliphatic carbocycles. The fraction of sp³-hybridized carbons (Fsp3) is 0.167. The van der Waals surface area contributed by atoms with Crippen molar-refractivity contribution >= 4 is 46.9 Å². The normalized spacial score (nSPS) is 12.5. The quantitative estimate of drug-likeness (QED) is 0.120. The summed E-state index contributed by atoms with van der Waals surface area (Å²) in [5.74, 6) is -0.130. The van der Waals surface area contributed by atoms with Gasteiger partial charge in [0.1, 0.15) is 23.3 Å². The first-order chi connectivity index (χ1) is 20.1. The van der Waals surface area contributed by atoms with E-state index in [0.717, 1.165) is 5.56 Å². The molecular formula is C30H26Cl2N4O6.